The van der Waals surface area contributed by atoms with Crippen molar-refractivity contribution in [3.05, 3.63) is 0 Å². The van der Waals surface area contributed by atoms with E-state index in [0.717, 1.165) is 23.8 Å². The third-order valence-electron chi connectivity index (χ3n) is 3.93. The van der Waals surface area contributed by atoms with Gasteiger partial charge in [-0.15, -0.1) is 0 Å². The smallest absolute Gasteiger partial charge is 0.00960 e. The first-order valence-corrected chi connectivity index (χ1v) is 7.18. The van der Waals surface area contributed by atoms with E-state index in [9.17, 15) is 0 Å². The minimum absolute atomic E-state index is 0.818. The van der Waals surface area contributed by atoms with E-state index in [1.807, 2.05) is 0 Å². The van der Waals surface area contributed by atoms with E-state index in [1.54, 1.807) is 0 Å². The van der Waals surface area contributed by atoms with Gasteiger partial charge in [0.2, 0.25) is 0 Å². The van der Waals surface area contributed by atoms with Crippen LogP contribution in [-0.2, 0) is 0 Å². The predicted octanol–water partition coefficient (Wildman–Crippen LogP) is 3.60. The molecule has 1 aliphatic heterocycles. The number of hydrogen-bond acceptors (Lipinski definition) is 2. The SMILES string of the molecule is CCC1CCC(C)N1CCC(C)CCS. The van der Waals surface area contributed by atoms with E-state index in [2.05, 4.69) is 38.3 Å². The quantitative estimate of drug-likeness (QED) is 0.681. The molecule has 0 radical (unpaired) electrons. The second-order valence-corrected chi connectivity index (χ2v) is 5.58. The van der Waals surface area contributed by atoms with Crippen LogP contribution >= 0.6 is 12.6 Å². The molecule has 1 aliphatic rings. The van der Waals surface area contributed by atoms with Gasteiger partial charge in [0.1, 0.15) is 0 Å². The molecule has 3 unspecified atom stereocenters. The molecule has 1 nitrogen and oxygen atoms in total. The minimum Gasteiger partial charge on any atom is -0.298 e. The number of hydrogen-bond donors (Lipinski definition) is 1. The van der Waals surface area contributed by atoms with Crippen molar-refractivity contribution in [3.63, 3.8) is 0 Å². The van der Waals surface area contributed by atoms with Gasteiger partial charge in [0.25, 0.3) is 0 Å². The monoisotopic (exact) mass is 229 g/mol. The minimum atomic E-state index is 0.818. The first-order chi connectivity index (χ1) is 7.19. The molecule has 1 saturated heterocycles. The molecule has 15 heavy (non-hydrogen) atoms. The molecule has 0 aromatic rings. The lowest BCUT2D eigenvalue weighted by Gasteiger charge is -2.28. The number of nitrogens with zero attached hydrogens (tertiary/aromatic N) is 1. The van der Waals surface area contributed by atoms with Gasteiger partial charge in [-0.25, -0.2) is 0 Å². The lowest BCUT2D eigenvalue weighted by Crippen LogP contribution is -2.35. The van der Waals surface area contributed by atoms with Gasteiger partial charge in [0.05, 0.1) is 0 Å². The van der Waals surface area contributed by atoms with E-state index in [0.29, 0.717) is 0 Å². The van der Waals surface area contributed by atoms with E-state index in [-0.39, 0.29) is 0 Å². The van der Waals surface area contributed by atoms with Gasteiger partial charge >= 0.3 is 0 Å². The van der Waals surface area contributed by atoms with Gasteiger partial charge in [-0.1, -0.05) is 13.8 Å². The van der Waals surface area contributed by atoms with Crippen molar-refractivity contribution in [2.75, 3.05) is 12.3 Å². The van der Waals surface area contributed by atoms with E-state index >= 15 is 0 Å². The zero-order valence-electron chi connectivity index (χ0n) is 10.6. The third-order valence-corrected chi connectivity index (χ3v) is 4.18. The van der Waals surface area contributed by atoms with Crippen LogP contribution in [0.1, 0.15) is 52.9 Å². The maximum absolute atomic E-state index is 4.30. The van der Waals surface area contributed by atoms with Crippen LogP contribution in [-0.4, -0.2) is 29.3 Å². The van der Waals surface area contributed by atoms with Crippen molar-refractivity contribution >= 4 is 12.6 Å². The Balaban J connectivity index is 2.29. The highest BCUT2D eigenvalue weighted by Gasteiger charge is 2.28. The highest BCUT2D eigenvalue weighted by molar-refractivity contribution is 7.80. The van der Waals surface area contributed by atoms with E-state index < -0.39 is 0 Å². The highest BCUT2D eigenvalue weighted by Crippen LogP contribution is 2.26. The van der Waals surface area contributed by atoms with Gasteiger partial charge in [0.15, 0.2) is 0 Å². The first-order valence-electron chi connectivity index (χ1n) is 6.55. The molecular formula is C13H27NS. The molecule has 0 aromatic carbocycles. The Morgan fingerprint density at radius 1 is 1.33 bits per heavy atom. The molecule has 0 spiro atoms. The maximum atomic E-state index is 4.30. The average Bonchev–Trinajstić information content (AvgIpc) is 2.57. The molecule has 0 aliphatic carbocycles. The average molecular weight is 229 g/mol. The number of rotatable bonds is 6. The second kappa shape index (κ2) is 6.80. The third kappa shape index (κ3) is 3.99. The van der Waals surface area contributed by atoms with E-state index in [4.69, 9.17) is 0 Å². The summed E-state index contributed by atoms with van der Waals surface area (Å²) in [5.41, 5.74) is 0. The topological polar surface area (TPSA) is 3.24 Å². The van der Waals surface area contributed by atoms with Crippen LogP contribution in [0.25, 0.3) is 0 Å². The fourth-order valence-electron chi connectivity index (χ4n) is 2.70. The van der Waals surface area contributed by atoms with Crippen LogP contribution in [0.2, 0.25) is 0 Å². The van der Waals surface area contributed by atoms with Crippen LogP contribution in [0.15, 0.2) is 0 Å². The predicted molar refractivity (Wildman–Crippen MR) is 71.7 cm³/mol. The largest absolute Gasteiger partial charge is 0.298 e. The Morgan fingerprint density at radius 2 is 2.07 bits per heavy atom. The molecule has 0 bridgehead atoms. The zero-order valence-corrected chi connectivity index (χ0v) is 11.5. The van der Waals surface area contributed by atoms with Crippen molar-refractivity contribution in [2.24, 2.45) is 5.92 Å². The fraction of sp³-hybridized carbons (Fsp3) is 1.00. The van der Waals surface area contributed by atoms with Crippen LogP contribution < -0.4 is 0 Å². The summed E-state index contributed by atoms with van der Waals surface area (Å²) < 4.78 is 0. The summed E-state index contributed by atoms with van der Waals surface area (Å²) in [5.74, 6) is 1.88. The Hall–Kier alpha value is 0.310. The number of likely N-dealkylation sites (tertiary alicyclic amines) is 1. The summed E-state index contributed by atoms with van der Waals surface area (Å²) in [5, 5.41) is 0. The van der Waals surface area contributed by atoms with Crippen molar-refractivity contribution in [3.8, 4) is 0 Å². The molecule has 1 fully saturated rings. The van der Waals surface area contributed by atoms with Crippen molar-refractivity contribution in [1.29, 1.82) is 0 Å². The van der Waals surface area contributed by atoms with Crippen LogP contribution in [0.4, 0.5) is 0 Å². The number of thiol groups is 1. The van der Waals surface area contributed by atoms with Crippen LogP contribution in [0.3, 0.4) is 0 Å². The summed E-state index contributed by atoms with van der Waals surface area (Å²) in [6.07, 6.45) is 6.76. The summed E-state index contributed by atoms with van der Waals surface area (Å²) in [4.78, 5) is 2.73. The molecule has 0 saturated carbocycles. The molecule has 2 heteroatoms. The van der Waals surface area contributed by atoms with Crippen LogP contribution in [0, 0.1) is 5.92 Å². The summed E-state index contributed by atoms with van der Waals surface area (Å²) >= 11 is 4.30. The van der Waals surface area contributed by atoms with Crippen LogP contribution in [0.5, 0.6) is 0 Å². The Kier molecular flexibility index (Phi) is 6.06. The lowest BCUT2D eigenvalue weighted by molar-refractivity contribution is 0.185. The van der Waals surface area contributed by atoms with Gasteiger partial charge < -0.3 is 0 Å². The summed E-state index contributed by atoms with van der Waals surface area (Å²) in [6, 6.07) is 1.68. The van der Waals surface area contributed by atoms with Gasteiger partial charge in [-0.05, 0) is 57.2 Å². The summed E-state index contributed by atoms with van der Waals surface area (Å²) in [6.45, 7) is 8.37. The molecule has 90 valence electrons. The molecule has 0 N–H and O–H groups in total. The standard InChI is InChI=1S/C13H27NS/c1-4-13-6-5-12(3)14(13)9-7-11(2)8-10-15/h11-13,15H,4-10H2,1-3H3. The van der Waals surface area contributed by atoms with Gasteiger partial charge in [0, 0.05) is 12.1 Å². The van der Waals surface area contributed by atoms with Gasteiger partial charge in [-0.2, -0.15) is 12.6 Å². The molecular weight excluding hydrogens is 202 g/mol. The zero-order chi connectivity index (χ0) is 11.3. The van der Waals surface area contributed by atoms with Crippen molar-refractivity contribution < 1.29 is 0 Å². The normalized spacial score (nSPS) is 29.6. The van der Waals surface area contributed by atoms with Crippen molar-refractivity contribution in [1.82, 2.24) is 4.90 Å². The Labute approximate surface area is 101 Å². The Bertz CT molecular complexity index is 172. The van der Waals surface area contributed by atoms with Crippen molar-refractivity contribution in [2.45, 2.75) is 65.0 Å². The Morgan fingerprint density at radius 3 is 2.67 bits per heavy atom. The molecule has 0 amide bonds. The summed E-state index contributed by atoms with van der Waals surface area (Å²) in [7, 11) is 0. The maximum Gasteiger partial charge on any atom is 0.00960 e. The fourth-order valence-corrected chi connectivity index (χ4v) is 3.14. The molecule has 3 atom stereocenters. The second-order valence-electron chi connectivity index (χ2n) is 5.13. The molecule has 0 aromatic heterocycles. The van der Waals surface area contributed by atoms with E-state index in [1.165, 1.54) is 38.6 Å². The van der Waals surface area contributed by atoms with Gasteiger partial charge in [-0.3, -0.25) is 4.90 Å². The molecule has 1 heterocycles. The molecule has 1 rings (SSSR count). The highest BCUT2D eigenvalue weighted by atomic mass is 32.1. The lowest BCUT2D eigenvalue weighted by atomic mass is 10.0. The first kappa shape index (κ1) is 13.4.